The minimum atomic E-state index is -0.594. The molecule has 1 atom stereocenters. The van der Waals surface area contributed by atoms with Gasteiger partial charge in [0.05, 0.1) is 12.3 Å². The highest BCUT2D eigenvalue weighted by Crippen LogP contribution is 2.24. The van der Waals surface area contributed by atoms with Crippen molar-refractivity contribution in [1.82, 2.24) is 24.7 Å². The molecule has 1 aromatic heterocycles. The Kier molecular flexibility index (Phi) is 8.20. The molecule has 3 amide bonds. The van der Waals surface area contributed by atoms with Gasteiger partial charge < -0.3 is 19.4 Å². The molecule has 1 fully saturated rings. The molecule has 0 spiro atoms. The number of carbonyl (C=O) groups excluding carboxylic acids is 3. The van der Waals surface area contributed by atoms with Gasteiger partial charge in [-0.15, -0.1) is 0 Å². The summed E-state index contributed by atoms with van der Waals surface area (Å²) < 4.78 is 5.29. The van der Waals surface area contributed by atoms with Crippen LogP contribution in [0.2, 0.25) is 0 Å². The molecule has 2 heterocycles. The Labute approximate surface area is 200 Å². The van der Waals surface area contributed by atoms with Crippen LogP contribution in [0.3, 0.4) is 0 Å². The fourth-order valence-corrected chi connectivity index (χ4v) is 4.05. The Bertz CT molecular complexity index is 1040. The predicted molar refractivity (Wildman–Crippen MR) is 129 cm³/mol. The number of hydrogen-bond acceptors (Lipinski definition) is 6. The van der Waals surface area contributed by atoms with E-state index in [0.717, 1.165) is 12.0 Å². The zero-order valence-corrected chi connectivity index (χ0v) is 20.6. The van der Waals surface area contributed by atoms with Gasteiger partial charge in [0.15, 0.2) is 5.82 Å². The molecule has 0 aliphatic carbocycles. The van der Waals surface area contributed by atoms with E-state index in [1.807, 2.05) is 44.2 Å². The first kappa shape index (κ1) is 25.1. The average molecular weight is 468 g/mol. The second-order valence-corrected chi connectivity index (χ2v) is 8.52. The van der Waals surface area contributed by atoms with Crippen molar-refractivity contribution in [2.24, 2.45) is 0 Å². The summed E-state index contributed by atoms with van der Waals surface area (Å²) in [6.45, 7) is 6.89. The molecule has 0 saturated carbocycles. The van der Waals surface area contributed by atoms with Crippen LogP contribution in [0, 0.1) is 0 Å². The van der Waals surface area contributed by atoms with Gasteiger partial charge in [-0.05, 0) is 20.3 Å². The van der Waals surface area contributed by atoms with Gasteiger partial charge in [-0.2, -0.15) is 0 Å². The van der Waals surface area contributed by atoms with Crippen molar-refractivity contribution in [1.29, 1.82) is 0 Å². The van der Waals surface area contributed by atoms with Crippen LogP contribution in [0.15, 0.2) is 30.3 Å². The summed E-state index contributed by atoms with van der Waals surface area (Å²) in [6.07, 6.45) is 1.26. The fourth-order valence-electron chi connectivity index (χ4n) is 4.05. The van der Waals surface area contributed by atoms with Crippen molar-refractivity contribution < 1.29 is 19.1 Å². The van der Waals surface area contributed by atoms with Gasteiger partial charge in [0.1, 0.15) is 11.3 Å². The molecule has 0 radical (unpaired) electrons. The molecule has 182 valence electrons. The van der Waals surface area contributed by atoms with E-state index in [1.54, 1.807) is 30.8 Å². The molecule has 2 aromatic rings. The Balaban J connectivity index is 2.04. The fraction of sp³-hybridized carbons (Fsp3) is 0.480. The number of aromatic nitrogens is 2. The third kappa shape index (κ3) is 5.35. The van der Waals surface area contributed by atoms with Crippen LogP contribution in [0.4, 0.5) is 4.79 Å². The number of carbonyl (C=O) groups is 3. The van der Waals surface area contributed by atoms with Crippen LogP contribution < -0.4 is 0 Å². The largest absolute Gasteiger partial charge is 0.462 e. The van der Waals surface area contributed by atoms with Crippen LogP contribution in [0.5, 0.6) is 0 Å². The van der Waals surface area contributed by atoms with Crippen LogP contribution in [-0.2, 0) is 11.2 Å². The summed E-state index contributed by atoms with van der Waals surface area (Å²) >= 11 is 0. The quantitative estimate of drug-likeness (QED) is 0.606. The van der Waals surface area contributed by atoms with Crippen LogP contribution in [0.1, 0.15) is 53.7 Å². The molecular weight excluding hydrogens is 434 g/mol. The predicted octanol–water partition coefficient (Wildman–Crippen LogP) is 3.10. The molecular formula is C25H33N5O4. The number of ether oxygens (including phenoxy) is 1. The first-order valence-electron chi connectivity index (χ1n) is 11.7. The van der Waals surface area contributed by atoms with E-state index in [1.165, 1.54) is 4.90 Å². The molecule has 0 bridgehead atoms. The van der Waals surface area contributed by atoms with Crippen LogP contribution >= 0.6 is 0 Å². The molecule has 0 N–H and O–H groups in total. The van der Waals surface area contributed by atoms with Gasteiger partial charge in [0, 0.05) is 45.3 Å². The molecule has 9 heteroatoms. The highest BCUT2D eigenvalue weighted by molar-refractivity contribution is 6.05. The van der Waals surface area contributed by atoms with Crippen LogP contribution in [0.25, 0.3) is 11.4 Å². The third-order valence-corrected chi connectivity index (χ3v) is 5.73. The monoisotopic (exact) mass is 467 g/mol. The average Bonchev–Trinajstić information content (AvgIpc) is 2.83. The van der Waals surface area contributed by atoms with Gasteiger partial charge >= 0.3 is 12.0 Å². The van der Waals surface area contributed by atoms with Gasteiger partial charge in [0.2, 0.25) is 0 Å². The minimum absolute atomic E-state index is 0.0512. The minimum Gasteiger partial charge on any atom is -0.462 e. The summed E-state index contributed by atoms with van der Waals surface area (Å²) in [4.78, 5) is 53.3. The maximum Gasteiger partial charge on any atom is 0.342 e. The van der Waals surface area contributed by atoms with Crippen LogP contribution in [-0.4, -0.2) is 89.0 Å². The van der Waals surface area contributed by atoms with E-state index < -0.39 is 5.97 Å². The van der Waals surface area contributed by atoms with Crippen molar-refractivity contribution >= 4 is 17.9 Å². The maximum atomic E-state index is 13.7. The van der Waals surface area contributed by atoms with E-state index >= 15 is 0 Å². The van der Waals surface area contributed by atoms with E-state index in [0.29, 0.717) is 37.6 Å². The topological polar surface area (TPSA) is 95.9 Å². The zero-order chi connectivity index (χ0) is 24.8. The van der Waals surface area contributed by atoms with E-state index in [2.05, 4.69) is 9.97 Å². The molecule has 1 aromatic carbocycles. The van der Waals surface area contributed by atoms with E-state index in [-0.39, 0.29) is 35.8 Å². The number of benzene rings is 1. The Morgan fingerprint density at radius 2 is 1.79 bits per heavy atom. The zero-order valence-electron chi connectivity index (χ0n) is 20.6. The van der Waals surface area contributed by atoms with Crippen molar-refractivity contribution in [3.05, 3.63) is 47.3 Å². The summed E-state index contributed by atoms with van der Waals surface area (Å²) in [5.74, 6) is -0.554. The Hall–Kier alpha value is -3.49. The lowest BCUT2D eigenvalue weighted by Crippen LogP contribution is -2.57. The number of esters is 1. The first-order chi connectivity index (χ1) is 16.3. The van der Waals surface area contributed by atoms with Gasteiger partial charge in [-0.3, -0.25) is 4.79 Å². The maximum absolute atomic E-state index is 13.7. The molecule has 1 aliphatic rings. The van der Waals surface area contributed by atoms with Crippen molar-refractivity contribution in [3.63, 3.8) is 0 Å². The number of amides is 3. The molecule has 9 nitrogen and oxygen atoms in total. The summed E-state index contributed by atoms with van der Waals surface area (Å²) in [5.41, 5.74) is 1.45. The normalized spacial score (nSPS) is 15.7. The lowest BCUT2D eigenvalue weighted by atomic mass is 10.0. The summed E-state index contributed by atoms with van der Waals surface area (Å²) in [7, 11) is 3.42. The molecule has 1 aliphatic heterocycles. The molecule has 34 heavy (non-hydrogen) atoms. The van der Waals surface area contributed by atoms with E-state index in [4.69, 9.17) is 4.74 Å². The summed E-state index contributed by atoms with van der Waals surface area (Å²) in [6, 6.07) is 9.12. The SMILES string of the molecule is CCCc1nc(-c2ccccc2)nc(C(=O)N2CCN(C(=O)N(C)C)C(C)C2)c1C(=O)OCC. The number of nitrogens with zero attached hydrogens (tertiary/aromatic N) is 5. The first-order valence-corrected chi connectivity index (χ1v) is 11.7. The standard InChI is InChI=1S/C25H33N5O4/c1-6-11-19-20(24(32)34-7-2)21(27-22(26-19)18-12-9-8-10-13-18)23(31)29-14-15-30(17(3)16-29)25(33)28(4)5/h8-10,12-13,17H,6-7,11,14-16H2,1-5H3. The lowest BCUT2D eigenvalue weighted by molar-refractivity contribution is 0.0493. The van der Waals surface area contributed by atoms with Gasteiger partial charge in [-0.1, -0.05) is 43.7 Å². The Morgan fingerprint density at radius 1 is 1.09 bits per heavy atom. The summed E-state index contributed by atoms with van der Waals surface area (Å²) in [5, 5.41) is 0. The molecule has 1 saturated heterocycles. The number of urea groups is 1. The number of rotatable bonds is 6. The third-order valence-electron chi connectivity index (χ3n) is 5.73. The smallest absolute Gasteiger partial charge is 0.342 e. The van der Waals surface area contributed by atoms with E-state index in [9.17, 15) is 14.4 Å². The lowest BCUT2D eigenvalue weighted by Gasteiger charge is -2.40. The Morgan fingerprint density at radius 3 is 2.38 bits per heavy atom. The molecule has 1 unspecified atom stereocenters. The molecule has 3 rings (SSSR count). The second-order valence-electron chi connectivity index (χ2n) is 8.52. The number of aryl methyl sites for hydroxylation is 1. The van der Waals surface area contributed by atoms with Gasteiger partial charge in [-0.25, -0.2) is 19.6 Å². The van der Waals surface area contributed by atoms with Gasteiger partial charge in [0.25, 0.3) is 5.91 Å². The second kappa shape index (κ2) is 11.1. The van der Waals surface area contributed by atoms with Crippen molar-refractivity contribution in [3.8, 4) is 11.4 Å². The number of hydrogen-bond donors (Lipinski definition) is 0. The highest BCUT2D eigenvalue weighted by atomic mass is 16.5. The highest BCUT2D eigenvalue weighted by Gasteiger charge is 2.34. The van der Waals surface area contributed by atoms with Crippen molar-refractivity contribution in [2.45, 2.75) is 39.7 Å². The number of piperazine rings is 1. The van der Waals surface area contributed by atoms with Crippen molar-refractivity contribution in [2.75, 3.05) is 40.3 Å².